The topological polar surface area (TPSA) is 56.2 Å². The average Bonchev–Trinajstić information content (AvgIpc) is 2.53. The predicted octanol–water partition coefficient (Wildman–Crippen LogP) is 2.79. The second-order valence-corrected chi connectivity index (χ2v) is 3.98. The monoisotopic (exact) mass is 217 g/mol. The van der Waals surface area contributed by atoms with Gasteiger partial charge in [0.05, 0.1) is 5.56 Å². The van der Waals surface area contributed by atoms with Gasteiger partial charge in [0.15, 0.2) is 0 Å². The van der Waals surface area contributed by atoms with Crippen LogP contribution in [0.3, 0.4) is 0 Å². The number of hydrogen-bond donors (Lipinski definition) is 1. The van der Waals surface area contributed by atoms with Crippen molar-refractivity contribution < 1.29 is 9.21 Å². The maximum Gasteiger partial charge on any atom is 0.252 e. The number of carbonyl (C=O) groups excluding carboxylic acids is 1. The van der Waals surface area contributed by atoms with E-state index in [1.54, 1.807) is 6.92 Å². The van der Waals surface area contributed by atoms with E-state index in [9.17, 15) is 4.79 Å². The summed E-state index contributed by atoms with van der Waals surface area (Å²) in [5.41, 5.74) is 7.79. The third-order valence-corrected chi connectivity index (χ3v) is 2.72. The summed E-state index contributed by atoms with van der Waals surface area (Å²) >= 11 is 0. The molecular formula is C13H15NO2. The van der Waals surface area contributed by atoms with E-state index >= 15 is 0 Å². The molecule has 3 nitrogen and oxygen atoms in total. The first-order chi connectivity index (χ1) is 7.63. The number of nitrogens with two attached hydrogens (primary N) is 1. The van der Waals surface area contributed by atoms with Gasteiger partial charge in [0.1, 0.15) is 11.3 Å². The molecule has 2 N–H and O–H groups in total. The molecule has 0 saturated carbocycles. The molecular weight excluding hydrogens is 202 g/mol. The van der Waals surface area contributed by atoms with Crippen LogP contribution >= 0.6 is 0 Å². The van der Waals surface area contributed by atoms with Crippen LogP contribution in [0.15, 0.2) is 22.6 Å². The van der Waals surface area contributed by atoms with Crippen molar-refractivity contribution in [1.29, 1.82) is 0 Å². The van der Waals surface area contributed by atoms with Gasteiger partial charge in [-0.1, -0.05) is 25.5 Å². The van der Waals surface area contributed by atoms with Gasteiger partial charge in [0.25, 0.3) is 5.91 Å². The highest BCUT2D eigenvalue weighted by molar-refractivity contribution is 6.06. The Morgan fingerprint density at radius 3 is 2.81 bits per heavy atom. The van der Waals surface area contributed by atoms with Crippen LogP contribution in [0.2, 0.25) is 0 Å². The van der Waals surface area contributed by atoms with Crippen molar-refractivity contribution in [3.63, 3.8) is 0 Å². The molecule has 0 radical (unpaired) electrons. The van der Waals surface area contributed by atoms with Crippen LogP contribution < -0.4 is 5.73 Å². The number of aryl methyl sites for hydroxylation is 2. The van der Waals surface area contributed by atoms with Crippen molar-refractivity contribution in [1.82, 2.24) is 0 Å². The smallest absolute Gasteiger partial charge is 0.252 e. The zero-order chi connectivity index (χ0) is 11.7. The lowest BCUT2D eigenvalue weighted by molar-refractivity contribution is 0.1000. The standard InChI is InChI=1S/C13H15NO2/c1-3-4-9-5-6-10-11(7-9)16-8(2)12(10)13(14)15/h5-7H,3-4H2,1-2H3,(H2,14,15). The Hall–Kier alpha value is -1.77. The van der Waals surface area contributed by atoms with Crippen molar-refractivity contribution in [2.24, 2.45) is 5.73 Å². The second kappa shape index (κ2) is 4.00. The highest BCUT2D eigenvalue weighted by Gasteiger charge is 2.15. The van der Waals surface area contributed by atoms with E-state index in [4.69, 9.17) is 10.2 Å². The number of primary amides is 1. The predicted molar refractivity (Wildman–Crippen MR) is 63.5 cm³/mol. The van der Waals surface area contributed by atoms with E-state index in [0.717, 1.165) is 23.8 Å². The van der Waals surface area contributed by atoms with Crippen LogP contribution in [-0.4, -0.2) is 5.91 Å². The first kappa shape index (κ1) is 10.7. The first-order valence-corrected chi connectivity index (χ1v) is 5.45. The molecule has 3 heteroatoms. The van der Waals surface area contributed by atoms with Gasteiger partial charge in [0.2, 0.25) is 0 Å². The zero-order valence-electron chi connectivity index (χ0n) is 9.54. The minimum Gasteiger partial charge on any atom is -0.461 e. The van der Waals surface area contributed by atoms with Gasteiger partial charge >= 0.3 is 0 Å². The first-order valence-electron chi connectivity index (χ1n) is 5.45. The van der Waals surface area contributed by atoms with Crippen LogP contribution in [0.25, 0.3) is 11.0 Å². The number of fused-ring (bicyclic) bond motifs is 1. The number of benzene rings is 1. The van der Waals surface area contributed by atoms with E-state index in [1.807, 2.05) is 18.2 Å². The zero-order valence-corrected chi connectivity index (χ0v) is 9.54. The Morgan fingerprint density at radius 2 is 2.19 bits per heavy atom. The molecule has 0 unspecified atom stereocenters. The maximum atomic E-state index is 11.3. The molecule has 1 amide bonds. The van der Waals surface area contributed by atoms with Gasteiger partial charge in [-0.2, -0.15) is 0 Å². The molecule has 0 spiro atoms. The van der Waals surface area contributed by atoms with Gasteiger partial charge in [-0.25, -0.2) is 0 Å². The summed E-state index contributed by atoms with van der Waals surface area (Å²) in [6.07, 6.45) is 2.11. The summed E-state index contributed by atoms with van der Waals surface area (Å²) in [5, 5.41) is 0.810. The van der Waals surface area contributed by atoms with Crippen LogP contribution in [0.1, 0.15) is 35.0 Å². The van der Waals surface area contributed by atoms with Crippen molar-refractivity contribution in [2.75, 3.05) is 0 Å². The van der Waals surface area contributed by atoms with E-state index in [1.165, 1.54) is 5.56 Å². The Balaban J connectivity index is 2.60. The molecule has 0 aliphatic heterocycles. The Labute approximate surface area is 94.2 Å². The Morgan fingerprint density at radius 1 is 1.44 bits per heavy atom. The molecule has 1 heterocycles. The molecule has 2 aromatic rings. The van der Waals surface area contributed by atoms with Crippen molar-refractivity contribution in [3.05, 3.63) is 35.1 Å². The molecule has 0 aliphatic carbocycles. The summed E-state index contributed by atoms with van der Waals surface area (Å²) in [7, 11) is 0. The van der Waals surface area contributed by atoms with Gasteiger partial charge in [-0.15, -0.1) is 0 Å². The molecule has 0 aliphatic rings. The van der Waals surface area contributed by atoms with Gasteiger partial charge in [-0.3, -0.25) is 4.79 Å². The van der Waals surface area contributed by atoms with Crippen LogP contribution in [-0.2, 0) is 6.42 Å². The van der Waals surface area contributed by atoms with Crippen molar-refractivity contribution >= 4 is 16.9 Å². The summed E-state index contributed by atoms with van der Waals surface area (Å²) in [6, 6.07) is 5.92. The summed E-state index contributed by atoms with van der Waals surface area (Å²) in [5.74, 6) is 0.163. The number of rotatable bonds is 3. The van der Waals surface area contributed by atoms with Gasteiger partial charge in [-0.05, 0) is 25.0 Å². The highest BCUT2D eigenvalue weighted by atomic mass is 16.3. The number of furan rings is 1. The van der Waals surface area contributed by atoms with Crippen molar-refractivity contribution in [2.45, 2.75) is 26.7 Å². The van der Waals surface area contributed by atoms with Crippen LogP contribution in [0, 0.1) is 6.92 Å². The molecule has 0 fully saturated rings. The minimum atomic E-state index is -0.431. The Kier molecular flexibility index (Phi) is 2.69. The van der Waals surface area contributed by atoms with Crippen molar-refractivity contribution in [3.8, 4) is 0 Å². The van der Waals surface area contributed by atoms with E-state index in [2.05, 4.69) is 6.92 Å². The minimum absolute atomic E-state index is 0.431. The summed E-state index contributed by atoms with van der Waals surface area (Å²) < 4.78 is 5.55. The lowest BCUT2D eigenvalue weighted by atomic mass is 10.1. The van der Waals surface area contributed by atoms with Crippen LogP contribution in [0.4, 0.5) is 0 Å². The van der Waals surface area contributed by atoms with E-state index < -0.39 is 5.91 Å². The lowest BCUT2D eigenvalue weighted by Crippen LogP contribution is -2.11. The summed E-state index contributed by atoms with van der Waals surface area (Å²) in [4.78, 5) is 11.3. The largest absolute Gasteiger partial charge is 0.461 e. The molecule has 2 rings (SSSR count). The van der Waals surface area contributed by atoms with Gasteiger partial charge in [0, 0.05) is 5.39 Å². The molecule has 84 valence electrons. The highest BCUT2D eigenvalue weighted by Crippen LogP contribution is 2.26. The fraction of sp³-hybridized carbons (Fsp3) is 0.308. The second-order valence-electron chi connectivity index (χ2n) is 3.98. The van der Waals surface area contributed by atoms with E-state index in [0.29, 0.717) is 11.3 Å². The maximum absolute atomic E-state index is 11.3. The quantitative estimate of drug-likeness (QED) is 0.859. The number of hydrogen-bond acceptors (Lipinski definition) is 2. The Bertz CT molecular complexity index is 540. The molecule has 0 atom stereocenters. The molecule has 0 bridgehead atoms. The molecule has 1 aromatic heterocycles. The fourth-order valence-electron chi connectivity index (χ4n) is 2.01. The van der Waals surface area contributed by atoms with Crippen LogP contribution in [0.5, 0.6) is 0 Å². The lowest BCUT2D eigenvalue weighted by Gasteiger charge is -1.97. The summed E-state index contributed by atoms with van der Waals surface area (Å²) in [6.45, 7) is 3.89. The molecule has 16 heavy (non-hydrogen) atoms. The average molecular weight is 217 g/mol. The molecule has 1 aromatic carbocycles. The molecule has 0 saturated heterocycles. The van der Waals surface area contributed by atoms with Gasteiger partial charge < -0.3 is 10.2 Å². The fourth-order valence-corrected chi connectivity index (χ4v) is 2.01. The third-order valence-electron chi connectivity index (χ3n) is 2.72. The van der Waals surface area contributed by atoms with E-state index in [-0.39, 0.29) is 0 Å². The number of amides is 1. The number of carbonyl (C=O) groups is 1. The SMILES string of the molecule is CCCc1ccc2c(C(N)=O)c(C)oc2c1. The normalized spacial score (nSPS) is 10.9. The third kappa shape index (κ3) is 1.69.